The normalized spacial score (nSPS) is 14.7. The van der Waals surface area contributed by atoms with Crippen LogP contribution in [0.1, 0.15) is 19.4 Å². The van der Waals surface area contributed by atoms with Crippen LogP contribution in [-0.2, 0) is 4.74 Å². The van der Waals surface area contributed by atoms with Gasteiger partial charge in [-0.05, 0) is 86.6 Å². The second-order valence-electron chi connectivity index (χ2n) is 10.5. The SMILES string of the molecule is CC1(C)COC(c2ccc(-c3c4ccccc4c(-c4ccc5ccccc5c4)c4ccccc34)cc2)=N1. The van der Waals surface area contributed by atoms with Gasteiger partial charge in [0.1, 0.15) is 6.61 Å². The Bertz CT molecular complexity index is 1790. The molecule has 0 saturated carbocycles. The van der Waals surface area contributed by atoms with Crippen LogP contribution in [0.5, 0.6) is 0 Å². The van der Waals surface area contributed by atoms with E-state index in [1.165, 1.54) is 54.6 Å². The lowest BCUT2D eigenvalue weighted by Crippen LogP contribution is -2.17. The van der Waals surface area contributed by atoms with Gasteiger partial charge in [-0.2, -0.15) is 0 Å². The molecular weight excluding hydrogens is 450 g/mol. The zero-order chi connectivity index (χ0) is 25.0. The van der Waals surface area contributed by atoms with Gasteiger partial charge < -0.3 is 4.74 Å². The number of nitrogens with zero attached hydrogens (tertiary/aromatic N) is 1. The van der Waals surface area contributed by atoms with Crippen LogP contribution in [0.25, 0.3) is 54.6 Å². The molecule has 1 aliphatic rings. The van der Waals surface area contributed by atoms with E-state index in [4.69, 9.17) is 9.73 Å². The van der Waals surface area contributed by atoms with E-state index in [-0.39, 0.29) is 5.54 Å². The van der Waals surface area contributed by atoms with E-state index in [1.54, 1.807) is 0 Å². The Morgan fingerprint density at radius 2 is 1.03 bits per heavy atom. The summed E-state index contributed by atoms with van der Waals surface area (Å²) < 4.78 is 5.89. The fourth-order valence-electron chi connectivity index (χ4n) is 5.61. The molecule has 0 radical (unpaired) electrons. The molecule has 2 heteroatoms. The molecule has 0 fully saturated rings. The van der Waals surface area contributed by atoms with Crippen LogP contribution < -0.4 is 0 Å². The molecule has 0 saturated heterocycles. The Labute approximate surface area is 216 Å². The quantitative estimate of drug-likeness (QED) is 0.233. The van der Waals surface area contributed by atoms with Gasteiger partial charge in [0.25, 0.3) is 0 Å². The first-order valence-corrected chi connectivity index (χ1v) is 12.8. The second kappa shape index (κ2) is 8.31. The lowest BCUT2D eigenvalue weighted by Gasteiger charge is -2.18. The maximum Gasteiger partial charge on any atom is 0.216 e. The Morgan fingerprint density at radius 1 is 0.541 bits per heavy atom. The molecule has 0 amide bonds. The third-order valence-corrected chi connectivity index (χ3v) is 7.36. The van der Waals surface area contributed by atoms with Crippen molar-refractivity contribution in [2.45, 2.75) is 19.4 Å². The average molecular weight is 478 g/mol. The average Bonchev–Trinajstić information content (AvgIpc) is 3.31. The molecule has 37 heavy (non-hydrogen) atoms. The first-order valence-electron chi connectivity index (χ1n) is 12.8. The summed E-state index contributed by atoms with van der Waals surface area (Å²) >= 11 is 0. The van der Waals surface area contributed by atoms with Gasteiger partial charge in [-0.25, -0.2) is 4.99 Å². The Hall–Kier alpha value is -4.43. The van der Waals surface area contributed by atoms with Gasteiger partial charge >= 0.3 is 0 Å². The summed E-state index contributed by atoms with van der Waals surface area (Å²) in [4.78, 5) is 4.75. The summed E-state index contributed by atoms with van der Waals surface area (Å²) in [5, 5.41) is 7.56. The van der Waals surface area contributed by atoms with Crippen molar-refractivity contribution < 1.29 is 4.74 Å². The van der Waals surface area contributed by atoms with Gasteiger partial charge in [0, 0.05) is 5.56 Å². The van der Waals surface area contributed by atoms with Crippen LogP contribution in [0.4, 0.5) is 0 Å². The fourth-order valence-corrected chi connectivity index (χ4v) is 5.61. The zero-order valence-corrected chi connectivity index (χ0v) is 21.0. The number of hydrogen-bond donors (Lipinski definition) is 0. The van der Waals surface area contributed by atoms with Crippen molar-refractivity contribution in [3.63, 3.8) is 0 Å². The van der Waals surface area contributed by atoms with E-state index >= 15 is 0 Å². The van der Waals surface area contributed by atoms with Crippen molar-refractivity contribution in [2.75, 3.05) is 6.61 Å². The first kappa shape index (κ1) is 21.8. The predicted octanol–water partition coefficient (Wildman–Crippen LogP) is 9.04. The van der Waals surface area contributed by atoms with Crippen molar-refractivity contribution in [3.05, 3.63) is 121 Å². The third-order valence-electron chi connectivity index (χ3n) is 7.36. The summed E-state index contributed by atoms with van der Waals surface area (Å²) in [6, 6.07) is 41.7. The summed E-state index contributed by atoms with van der Waals surface area (Å²) in [6.45, 7) is 4.82. The van der Waals surface area contributed by atoms with Gasteiger partial charge in [0.2, 0.25) is 5.90 Å². The highest BCUT2D eigenvalue weighted by Gasteiger charge is 2.27. The lowest BCUT2D eigenvalue weighted by molar-refractivity contribution is 0.279. The molecule has 178 valence electrons. The Kier molecular flexibility index (Phi) is 4.90. The molecule has 0 unspecified atom stereocenters. The zero-order valence-electron chi connectivity index (χ0n) is 21.0. The number of fused-ring (bicyclic) bond motifs is 3. The van der Waals surface area contributed by atoms with Crippen molar-refractivity contribution in [1.29, 1.82) is 0 Å². The maximum atomic E-state index is 5.89. The molecule has 0 bridgehead atoms. The van der Waals surface area contributed by atoms with Crippen LogP contribution in [0, 0.1) is 0 Å². The Balaban J connectivity index is 1.47. The lowest BCUT2D eigenvalue weighted by atomic mass is 9.85. The minimum atomic E-state index is -0.168. The van der Waals surface area contributed by atoms with E-state index in [0.29, 0.717) is 6.61 Å². The minimum Gasteiger partial charge on any atom is -0.475 e. The van der Waals surface area contributed by atoms with E-state index < -0.39 is 0 Å². The van der Waals surface area contributed by atoms with Crippen LogP contribution in [0.2, 0.25) is 0 Å². The number of hydrogen-bond acceptors (Lipinski definition) is 2. The molecule has 0 atom stereocenters. The monoisotopic (exact) mass is 477 g/mol. The predicted molar refractivity (Wildman–Crippen MR) is 156 cm³/mol. The molecule has 2 nitrogen and oxygen atoms in total. The summed E-state index contributed by atoms with van der Waals surface area (Å²) in [5.74, 6) is 0.734. The highest BCUT2D eigenvalue weighted by Crippen LogP contribution is 2.44. The van der Waals surface area contributed by atoms with E-state index in [2.05, 4.69) is 129 Å². The van der Waals surface area contributed by atoms with Gasteiger partial charge in [-0.3, -0.25) is 0 Å². The topological polar surface area (TPSA) is 21.6 Å². The standard InChI is InChI=1S/C35H27NO/c1-35(2)22-37-34(36-35)25-18-16-24(17-19-25)32-28-11-5-7-13-30(28)33(31-14-8-6-12-29(31)32)27-20-15-23-9-3-4-10-26(23)21-27/h3-21H,22H2,1-2H3. The molecular formula is C35H27NO. The smallest absolute Gasteiger partial charge is 0.216 e. The van der Waals surface area contributed by atoms with Crippen LogP contribution >= 0.6 is 0 Å². The number of ether oxygens (including phenoxy) is 1. The summed E-state index contributed by atoms with van der Waals surface area (Å²) in [6.07, 6.45) is 0. The molecule has 0 spiro atoms. The summed E-state index contributed by atoms with van der Waals surface area (Å²) in [5.41, 5.74) is 5.84. The number of aliphatic imine (C=N–C) groups is 1. The molecule has 1 aliphatic heterocycles. The fraction of sp³-hybridized carbons (Fsp3) is 0.114. The highest BCUT2D eigenvalue weighted by atomic mass is 16.5. The summed E-state index contributed by atoms with van der Waals surface area (Å²) in [7, 11) is 0. The van der Waals surface area contributed by atoms with E-state index in [0.717, 1.165) is 11.5 Å². The molecule has 7 rings (SSSR count). The maximum absolute atomic E-state index is 5.89. The van der Waals surface area contributed by atoms with Gasteiger partial charge in [0.05, 0.1) is 5.54 Å². The molecule has 0 aliphatic carbocycles. The first-order chi connectivity index (χ1) is 18.1. The molecule has 0 N–H and O–H groups in total. The molecule has 1 heterocycles. The second-order valence-corrected chi connectivity index (χ2v) is 10.5. The van der Waals surface area contributed by atoms with Crippen molar-refractivity contribution in [1.82, 2.24) is 0 Å². The van der Waals surface area contributed by atoms with Crippen LogP contribution in [0.15, 0.2) is 120 Å². The molecule has 0 aromatic heterocycles. The minimum absolute atomic E-state index is 0.168. The highest BCUT2D eigenvalue weighted by molar-refractivity contribution is 6.21. The van der Waals surface area contributed by atoms with Crippen molar-refractivity contribution in [3.8, 4) is 22.3 Å². The third kappa shape index (κ3) is 3.68. The van der Waals surface area contributed by atoms with Gasteiger partial charge in [-0.15, -0.1) is 0 Å². The van der Waals surface area contributed by atoms with Crippen LogP contribution in [-0.4, -0.2) is 18.0 Å². The van der Waals surface area contributed by atoms with E-state index in [1.807, 2.05) is 0 Å². The molecule has 6 aromatic carbocycles. The Morgan fingerprint density at radius 3 is 1.59 bits per heavy atom. The van der Waals surface area contributed by atoms with Gasteiger partial charge in [0.15, 0.2) is 0 Å². The van der Waals surface area contributed by atoms with Crippen molar-refractivity contribution in [2.24, 2.45) is 4.99 Å². The van der Waals surface area contributed by atoms with E-state index in [9.17, 15) is 0 Å². The van der Waals surface area contributed by atoms with Crippen molar-refractivity contribution >= 4 is 38.2 Å². The number of benzene rings is 6. The van der Waals surface area contributed by atoms with Crippen LogP contribution in [0.3, 0.4) is 0 Å². The number of rotatable bonds is 3. The molecule has 6 aromatic rings. The van der Waals surface area contributed by atoms with Gasteiger partial charge in [-0.1, -0.05) is 97.1 Å². The largest absolute Gasteiger partial charge is 0.475 e.